The summed E-state index contributed by atoms with van der Waals surface area (Å²) in [4.78, 5) is 24.4. The Balaban J connectivity index is 3.51. The van der Waals surface area contributed by atoms with Crippen molar-refractivity contribution >= 4 is 11.9 Å². The zero-order valence-corrected chi connectivity index (χ0v) is 37.6. The molecule has 0 aliphatic rings. The number of hydrogen-bond donors (Lipinski definition) is 3. The summed E-state index contributed by atoms with van der Waals surface area (Å²) < 4.78 is 5.43. The van der Waals surface area contributed by atoms with Crippen LogP contribution in [-0.2, 0) is 14.3 Å². The fourth-order valence-electron chi connectivity index (χ4n) is 7.69. The summed E-state index contributed by atoms with van der Waals surface area (Å²) in [6.45, 7) is 4.89. The molecule has 0 saturated heterocycles. The number of carbonyl (C=O) groups is 2. The Labute approximate surface area is 349 Å². The highest BCUT2D eigenvalue weighted by molar-refractivity contribution is 5.76. The van der Waals surface area contributed by atoms with Gasteiger partial charge >= 0.3 is 5.97 Å². The van der Waals surface area contributed by atoms with Crippen LogP contribution in [0.15, 0.2) is 12.2 Å². The van der Waals surface area contributed by atoms with Crippen LogP contribution in [0, 0.1) is 0 Å². The number of hydrogen-bond acceptors (Lipinski definition) is 5. The van der Waals surface area contributed by atoms with Crippen LogP contribution in [-0.4, -0.2) is 47.4 Å². The second-order valence-corrected chi connectivity index (χ2v) is 17.1. The van der Waals surface area contributed by atoms with Gasteiger partial charge in [-0.15, -0.1) is 0 Å². The Bertz CT molecular complexity index is 832. The van der Waals surface area contributed by atoms with Gasteiger partial charge in [-0.3, -0.25) is 9.59 Å². The number of aliphatic hydroxyl groups is 2. The van der Waals surface area contributed by atoms with Gasteiger partial charge in [0.15, 0.2) is 0 Å². The lowest BCUT2D eigenvalue weighted by atomic mass is 10.0. The molecule has 0 spiro atoms. The van der Waals surface area contributed by atoms with Crippen molar-refractivity contribution in [3.05, 3.63) is 12.2 Å². The first-order valence-electron chi connectivity index (χ1n) is 24.9. The number of ether oxygens (including phenoxy) is 1. The molecule has 2 unspecified atom stereocenters. The van der Waals surface area contributed by atoms with E-state index in [0.717, 1.165) is 77.0 Å². The number of nitrogens with one attached hydrogen (secondary N) is 1. The van der Waals surface area contributed by atoms with Gasteiger partial charge in [-0.25, -0.2) is 0 Å². The quantitative estimate of drug-likeness (QED) is 0.0324. The third kappa shape index (κ3) is 42.2. The lowest BCUT2D eigenvalue weighted by Crippen LogP contribution is -2.45. The molecule has 0 aliphatic carbocycles. The normalized spacial score (nSPS) is 12.7. The maximum Gasteiger partial charge on any atom is 0.305 e. The number of rotatable bonds is 46. The van der Waals surface area contributed by atoms with Crippen molar-refractivity contribution < 1.29 is 24.5 Å². The highest BCUT2D eigenvalue weighted by Gasteiger charge is 2.20. The molecule has 3 N–H and O–H groups in total. The Morgan fingerprint density at radius 1 is 0.482 bits per heavy atom. The predicted molar refractivity (Wildman–Crippen MR) is 241 cm³/mol. The van der Waals surface area contributed by atoms with Crippen molar-refractivity contribution in [3.8, 4) is 0 Å². The van der Waals surface area contributed by atoms with Crippen molar-refractivity contribution in [3.63, 3.8) is 0 Å². The molecule has 0 aromatic carbocycles. The molecular formula is C50H97NO5. The van der Waals surface area contributed by atoms with E-state index in [1.165, 1.54) is 161 Å². The van der Waals surface area contributed by atoms with Crippen molar-refractivity contribution in [1.82, 2.24) is 5.32 Å². The van der Waals surface area contributed by atoms with E-state index in [4.69, 9.17) is 4.74 Å². The van der Waals surface area contributed by atoms with Gasteiger partial charge in [-0.05, 0) is 57.8 Å². The van der Waals surface area contributed by atoms with E-state index >= 15 is 0 Å². The van der Waals surface area contributed by atoms with Crippen LogP contribution < -0.4 is 5.32 Å². The first-order valence-corrected chi connectivity index (χ1v) is 24.9. The Morgan fingerprint density at radius 2 is 0.839 bits per heavy atom. The highest BCUT2D eigenvalue weighted by atomic mass is 16.5. The zero-order chi connectivity index (χ0) is 40.8. The van der Waals surface area contributed by atoms with Crippen molar-refractivity contribution in [2.75, 3.05) is 13.2 Å². The molecule has 0 heterocycles. The topological polar surface area (TPSA) is 95.9 Å². The first-order chi connectivity index (χ1) is 27.5. The van der Waals surface area contributed by atoms with Crippen molar-refractivity contribution in [1.29, 1.82) is 0 Å². The molecule has 0 aliphatic heterocycles. The van der Waals surface area contributed by atoms with Crippen LogP contribution in [0.25, 0.3) is 0 Å². The van der Waals surface area contributed by atoms with Gasteiger partial charge in [0.25, 0.3) is 0 Å². The van der Waals surface area contributed by atoms with Crippen LogP contribution in [0.1, 0.15) is 271 Å². The van der Waals surface area contributed by atoms with Gasteiger partial charge < -0.3 is 20.3 Å². The molecule has 1 amide bonds. The average Bonchev–Trinajstić information content (AvgIpc) is 3.20. The summed E-state index contributed by atoms with van der Waals surface area (Å²) in [5.41, 5.74) is 0. The van der Waals surface area contributed by atoms with Gasteiger partial charge in [0.2, 0.25) is 5.91 Å². The molecule has 56 heavy (non-hydrogen) atoms. The van der Waals surface area contributed by atoms with Crippen LogP contribution in [0.3, 0.4) is 0 Å². The van der Waals surface area contributed by atoms with Crippen LogP contribution in [0.2, 0.25) is 0 Å². The van der Waals surface area contributed by atoms with Crippen LogP contribution in [0.4, 0.5) is 0 Å². The average molecular weight is 792 g/mol. The highest BCUT2D eigenvalue weighted by Crippen LogP contribution is 2.16. The molecule has 6 heteroatoms. The Kier molecular flexibility index (Phi) is 45.1. The summed E-state index contributed by atoms with van der Waals surface area (Å²) in [7, 11) is 0. The summed E-state index contributed by atoms with van der Waals surface area (Å²) >= 11 is 0. The number of carbonyl (C=O) groups excluding carboxylic acids is 2. The predicted octanol–water partition coefficient (Wildman–Crippen LogP) is 14.6. The third-order valence-electron chi connectivity index (χ3n) is 11.6. The molecule has 332 valence electrons. The maximum atomic E-state index is 12.4. The van der Waals surface area contributed by atoms with Crippen molar-refractivity contribution in [2.24, 2.45) is 0 Å². The van der Waals surface area contributed by atoms with Gasteiger partial charge in [0.05, 0.1) is 25.4 Å². The minimum absolute atomic E-state index is 0.0219. The van der Waals surface area contributed by atoms with E-state index in [1.54, 1.807) is 0 Å². The second-order valence-electron chi connectivity index (χ2n) is 17.1. The van der Waals surface area contributed by atoms with Crippen LogP contribution in [0.5, 0.6) is 0 Å². The maximum absolute atomic E-state index is 12.4. The van der Waals surface area contributed by atoms with Gasteiger partial charge in [0.1, 0.15) is 0 Å². The van der Waals surface area contributed by atoms with E-state index in [-0.39, 0.29) is 18.5 Å². The second kappa shape index (κ2) is 46.3. The SMILES string of the molecule is CCCCCCCCCCCCCCCCCC(O)C(CO)NC(=O)CCCCCCC/C=C\CCCCCOC(=O)CCCCCCCCCCCCCC. The lowest BCUT2D eigenvalue weighted by molar-refractivity contribution is -0.143. The minimum Gasteiger partial charge on any atom is -0.466 e. The standard InChI is InChI=1S/C50H97NO5/c1-3-5-7-9-11-13-15-17-18-19-22-26-30-34-38-42-48(53)47(46-52)51-49(54)43-39-35-31-27-23-20-21-25-29-33-37-41-45-56-50(55)44-40-36-32-28-24-16-14-12-10-8-6-4-2/h21,25,47-48,52-53H,3-20,22-24,26-46H2,1-2H3,(H,51,54)/b25-21-. The molecule has 0 aromatic rings. The fourth-order valence-corrected chi connectivity index (χ4v) is 7.69. The van der Waals surface area contributed by atoms with Crippen LogP contribution >= 0.6 is 0 Å². The fraction of sp³-hybridized carbons (Fsp3) is 0.920. The Hall–Kier alpha value is -1.40. The number of esters is 1. The Morgan fingerprint density at radius 3 is 1.27 bits per heavy atom. The molecule has 0 bridgehead atoms. The lowest BCUT2D eigenvalue weighted by Gasteiger charge is -2.22. The minimum atomic E-state index is -0.678. The van der Waals surface area contributed by atoms with Gasteiger partial charge in [-0.2, -0.15) is 0 Å². The molecule has 6 nitrogen and oxygen atoms in total. The van der Waals surface area contributed by atoms with E-state index < -0.39 is 12.1 Å². The number of unbranched alkanes of at least 4 members (excludes halogenated alkanes) is 33. The molecule has 2 atom stereocenters. The molecular weight excluding hydrogens is 695 g/mol. The molecule has 0 aromatic heterocycles. The number of aliphatic hydroxyl groups excluding tert-OH is 2. The van der Waals surface area contributed by atoms with Crippen molar-refractivity contribution in [2.45, 2.75) is 283 Å². The summed E-state index contributed by atoms with van der Waals surface area (Å²) in [5.74, 6) is -0.0817. The molecule has 0 radical (unpaired) electrons. The zero-order valence-electron chi connectivity index (χ0n) is 37.6. The van der Waals surface area contributed by atoms with E-state index in [2.05, 4.69) is 31.3 Å². The number of allylic oxidation sites excluding steroid dienone is 2. The van der Waals surface area contributed by atoms with Gasteiger partial charge in [0, 0.05) is 12.8 Å². The molecule has 0 rings (SSSR count). The molecule has 0 fully saturated rings. The summed E-state index contributed by atoms with van der Waals surface area (Å²) in [5, 5.41) is 23.2. The summed E-state index contributed by atoms with van der Waals surface area (Å²) in [6, 6.07) is -0.558. The smallest absolute Gasteiger partial charge is 0.305 e. The number of amides is 1. The van der Waals surface area contributed by atoms with E-state index in [1.807, 2.05) is 0 Å². The third-order valence-corrected chi connectivity index (χ3v) is 11.6. The van der Waals surface area contributed by atoms with E-state index in [0.29, 0.717) is 25.9 Å². The summed E-state index contributed by atoms with van der Waals surface area (Å²) in [6.07, 6.45) is 51.7. The first kappa shape index (κ1) is 54.6. The van der Waals surface area contributed by atoms with E-state index in [9.17, 15) is 19.8 Å². The monoisotopic (exact) mass is 792 g/mol. The van der Waals surface area contributed by atoms with Gasteiger partial charge in [-0.1, -0.05) is 212 Å². The largest absolute Gasteiger partial charge is 0.466 e. The molecule has 0 saturated carbocycles.